The van der Waals surface area contributed by atoms with Crippen LogP contribution in [0, 0.1) is 11.3 Å². The van der Waals surface area contributed by atoms with Crippen molar-refractivity contribution in [2.24, 2.45) is 0 Å². The molecule has 0 bridgehead atoms. The van der Waals surface area contributed by atoms with Crippen LogP contribution < -0.4 is 14.8 Å². The summed E-state index contributed by atoms with van der Waals surface area (Å²) in [5.41, 5.74) is 2.83. The first kappa shape index (κ1) is 27.1. The quantitative estimate of drug-likeness (QED) is 0.164. The van der Waals surface area contributed by atoms with Gasteiger partial charge in [-0.3, -0.25) is 4.79 Å². The van der Waals surface area contributed by atoms with E-state index in [4.69, 9.17) is 44.3 Å². The Morgan fingerprint density at radius 2 is 1.42 bits per heavy atom. The zero-order valence-corrected chi connectivity index (χ0v) is 22.2. The highest BCUT2D eigenvalue weighted by Crippen LogP contribution is 2.35. The molecule has 0 spiro atoms. The van der Waals surface area contributed by atoms with Gasteiger partial charge in [0.15, 0.2) is 5.75 Å². The summed E-state index contributed by atoms with van der Waals surface area (Å²) in [6.45, 7) is 0.678. The minimum Gasteiger partial charge on any atom is -0.489 e. The maximum absolute atomic E-state index is 12.7. The average Bonchev–Trinajstić information content (AvgIpc) is 2.92. The van der Waals surface area contributed by atoms with E-state index in [2.05, 4.69) is 5.32 Å². The lowest BCUT2D eigenvalue weighted by Crippen LogP contribution is -2.13. The molecule has 4 aromatic rings. The van der Waals surface area contributed by atoms with Gasteiger partial charge in [0.05, 0.1) is 10.0 Å². The van der Waals surface area contributed by atoms with Gasteiger partial charge < -0.3 is 14.8 Å². The Balaban J connectivity index is 1.39. The Morgan fingerprint density at radius 3 is 2.05 bits per heavy atom. The highest BCUT2D eigenvalue weighted by atomic mass is 35.5. The molecular formula is C30H21Cl3N2O3. The van der Waals surface area contributed by atoms with Gasteiger partial charge in [0.2, 0.25) is 0 Å². The van der Waals surface area contributed by atoms with E-state index in [0.29, 0.717) is 34.4 Å². The first-order valence-corrected chi connectivity index (χ1v) is 12.6. The average molecular weight is 564 g/mol. The molecular weight excluding hydrogens is 543 g/mol. The summed E-state index contributed by atoms with van der Waals surface area (Å²) < 4.78 is 11.5. The number of nitriles is 1. The molecule has 1 N–H and O–H groups in total. The fourth-order valence-electron chi connectivity index (χ4n) is 3.43. The van der Waals surface area contributed by atoms with Crippen LogP contribution in [0.15, 0.2) is 96.6 Å². The van der Waals surface area contributed by atoms with Crippen LogP contribution in [0.4, 0.5) is 5.69 Å². The highest BCUT2D eigenvalue weighted by Gasteiger charge is 2.13. The Bertz CT molecular complexity index is 1460. The zero-order chi connectivity index (χ0) is 26.9. The van der Waals surface area contributed by atoms with Gasteiger partial charge in [-0.2, -0.15) is 5.26 Å². The summed E-state index contributed by atoms with van der Waals surface area (Å²) in [6, 6.07) is 29.0. The molecule has 0 aliphatic rings. The lowest BCUT2D eigenvalue weighted by atomic mass is 10.1. The fourth-order valence-corrected chi connectivity index (χ4v) is 4.16. The van der Waals surface area contributed by atoms with Gasteiger partial charge in [0, 0.05) is 10.7 Å². The molecule has 0 saturated heterocycles. The number of amides is 1. The van der Waals surface area contributed by atoms with Crippen LogP contribution in [-0.4, -0.2) is 5.91 Å². The van der Waals surface area contributed by atoms with Gasteiger partial charge in [0.1, 0.15) is 30.6 Å². The van der Waals surface area contributed by atoms with E-state index < -0.39 is 5.91 Å². The molecule has 38 heavy (non-hydrogen) atoms. The topological polar surface area (TPSA) is 71.3 Å². The van der Waals surface area contributed by atoms with Crippen LogP contribution in [0.1, 0.15) is 16.7 Å². The van der Waals surface area contributed by atoms with Crippen molar-refractivity contribution in [3.8, 4) is 17.6 Å². The van der Waals surface area contributed by atoms with Gasteiger partial charge in [-0.25, -0.2) is 0 Å². The van der Waals surface area contributed by atoms with Gasteiger partial charge in [-0.05, 0) is 71.3 Å². The monoisotopic (exact) mass is 562 g/mol. The Kier molecular flexibility index (Phi) is 9.29. The second-order valence-electron chi connectivity index (χ2n) is 8.15. The minimum absolute atomic E-state index is 0.114. The Morgan fingerprint density at radius 1 is 0.816 bits per heavy atom. The number of benzene rings is 4. The third kappa shape index (κ3) is 7.53. The predicted octanol–water partition coefficient (Wildman–Crippen LogP) is 8.35. The number of nitrogens with one attached hydrogen (secondary N) is 1. The molecule has 1 amide bonds. The summed E-state index contributed by atoms with van der Waals surface area (Å²) >= 11 is 18.7. The molecule has 0 unspecified atom stereocenters. The SMILES string of the molecule is N#C/C(=C\c1cc(Cl)c(OCc2ccc(Cl)cc2)c(Cl)c1)C(=O)Nc1ccc(OCc2ccccc2)cc1. The molecule has 0 radical (unpaired) electrons. The van der Waals surface area contributed by atoms with Gasteiger partial charge >= 0.3 is 0 Å². The number of hydrogen-bond donors (Lipinski definition) is 1. The minimum atomic E-state index is -0.569. The van der Waals surface area contributed by atoms with Crippen molar-refractivity contribution in [1.82, 2.24) is 0 Å². The van der Waals surface area contributed by atoms with E-state index in [9.17, 15) is 10.1 Å². The van der Waals surface area contributed by atoms with Crippen molar-refractivity contribution in [3.63, 3.8) is 0 Å². The van der Waals surface area contributed by atoms with Crippen LogP contribution >= 0.6 is 34.8 Å². The molecule has 5 nitrogen and oxygen atoms in total. The van der Waals surface area contributed by atoms with E-state index >= 15 is 0 Å². The molecule has 4 rings (SSSR count). The normalized spacial score (nSPS) is 10.9. The lowest BCUT2D eigenvalue weighted by molar-refractivity contribution is -0.112. The Labute approximate surface area is 235 Å². The number of hydrogen-bond acceptors (Lipinski definition) is 4. The standard InChI is InChI=1S/C30H21Cl3N2O3/c31-24-8-6-21(7-9-24)19-38-29-27(32)15-22(16-28(29)33)14-23(17-34)30(36)35-25-10-12-26(13-11-25)37-18-20-4-2-1-3-5-20/h1-16H,18-19H2,(H,35,36)/b23-14+. The molecule has 0 aliphatic heterocycles. The number of anilines is 1. The van der Waals surface area contributed by atoms with E-state index in [-0.39, 0.29) is 22.2 Å². The molecule has 0 fully saturated rings. The number of nitrogens with zero attached hydrogens (tertiary/aromatic N) is 1. The second kappa shape index (κ2) is 13.0. The third-order valence-corrected chi connectivity index (χ3v) is 6.17. The molecule has 190 valence electrons. The van der Waals surface area contributed by atoms with Crippen LogP contribution in [-0.2, 0) is 18.0 Å². The summed E-state index contributed by atoms with van der Waals surface area (Å²) in [7, 11) is 0. The number of rotatable bonds is 9. The maximum Gasteiger partial charge on any atom is 0.266 e. The molecule has 0 aliphatic carbocycles. The van der Waals surface area contributed by atoms with Crippen molar-refractivity contribution < 1.29 is 14.3 Å². The van der Waals surface area contributed by atoms with E-state index in [1.807, 2.05) is 48.5 Å². The molecule has 8 heteroatoms. The molecule has 0 aromatic heterocycles. The number of ether oxygens (including phenoxy) is 2. The largest absolute Gasteiger partial charge is 0.489 e. The van der Waals surface area contributed by atoms with Crippen molar-refractivity contribution >= 4 is 52.5 Å². The maximum atomic E-state index is 12.7. The van der Waals surface area contributed by atoms with E-state index in [0.717, 1.165) is 11.1 Å². The number of halogens is 3. The third-order valence-electron chi connectivity index (χ3n) is 5.35. The molecule has 0 atom stereocenters. The van der Waals surface area contributed by atoms with Gasteiger partial charge in [-0.1, -0.05) is 77.3 Å². The van der Waals surface area contributed by atoms with E-state index in [1.165, 1.54) is 6.08 Å². The van der Waals surface area contributed by atoms with Crippen molar-refractivity contribution in [3.05, 3.63) is 128 Å². The van der Waals surface area contributed by atoms with E-state index in [1.54, 1.807) is 48.5 Å². The first-order valence-electron chi connectivity index (χ1n) is 11.5. The van der Waals surface area contributed by atoms with Crippen LogP contribution in [0.3, 0.4) is 0 Å². The van der Waals surface area contributed by atoms with Crippen molar-refractivity contribution in [2.45, 2.75) is 13.2 Å². The zero-order valence-electron chi connectivity index (χ0n) is 20.0. The lowest BCUT2D eigenvalue weighted by Gasteiger charge is -2.11. The molecule has 0 heterocycles. The second-order valence-corrected chi connectivity index (χ2v) is 9.40. The summed E-state index contributed by atoms with van der Waals surface area (Å²) in [4.78, 5) is 12.7. The summed E-state index contributed by atoms with van der Waals surface area (Å²) in [5.74, 6) is 0.393. The molecule has 0 saturated carbocycles. The van der Waals surface area contributed by atoms with Crippen LogP contribution in [0.5, 0.6) is 11.5 Å². The summed E-state index contributed by atoms with van der Waals surface area (Å²) in [6.07, 6.45) is 1.41. The van der Waals surface area contributed by atoms with Crippen LogP contribution in [0.25, 0.3) is 6.08 Å². The van der Waals surface area contributed by atoms with Gasteiger partial charge in [-0.15, -0.1) is 0 Å². The van der Waals surface area contributed by atoms with Crippen molar-refractivity contribution in [2.75, 3.05) is 5.32 Å². The van der Waals surface area contributed by atoms with Crippen LogP contribution in [0.2, 0.25) is 15.1 Å². The fraction of sp³-hybridized carbons (Fsp3) is 0.0667. The van der Waals surface area contributed by atoms with Crippen molar-refractivity contribution in [1.29, 1.82) is 5.26 Å². The summed E-state index contributed by atoms with van der Waals surface area (Å²) in [5, 5.41) is 13.4. The highest BCUT2D eigenvalue weighted by molar-refractivity contribution is 6.37. The van der Waals surface area contributed by atoms with Gasteiger partial charge in [0.25, 0.3) is 5.91 Å². The first-order chi connectivity index (χ1) is 18.4. The number of carbonyl (C=O) groups excluding carboxylic acids is 1. The Hall–Kier alpha value is -3.95. The number of carbonyl (C=O) groups is 1. The predicted molar refractivity (Wildman–Crippen MR) is 152 cm³/mol. The smallest absolute Gasteiger partial charge is 0.266 e. The molecule has 4 aromatic carbocycles.